The van der Waals surface area contributed by atoms with Crippen molar-refractivity contribution in [1.29, 1.82) is 0 Å². The van der Waals surface area contributed by atoms with E-state index in [-0.39, 0.29) is 23.3 Å². The molecule has 0 aromatic carbocycles. The van der Waals surface area contributed by atoms with E-state index in [2.05, 4.69) is 38.8 Å². The number of carbonyl (C=O) groups is 2. The van der Waals surface area contributed by atoms with Gasteiger partial charge in [0.1, 0.15) is 0 Å². The summed E-state index contributed by atoms with van der Waals surface area (Å²) in [5, 5.41) is 0. The van der Waals surface area contributed by atoms with Crippen LogP contribution in [0, 0.1) is 34.5 Å². The third kappa shape index (κ3) is 4.07. The fourth-order valence-electron chi connectivity index (χ4n) is 10.0. The fourth-order valence-corrected chi connectivity index (χ4v) is 10.0. The minimum Gasteiger partial charge on any atom is -0.452 e. The van der Waals surface area contributed by atoms with Crippen molar-refractivity contribution in [1.82, 2.24) is 9.80 Å². The van der Waals surface area contributed by atoms with Crippen molar-refractivity contribution in [2.24, 2.45) is 34.5 Å². The van der Waals surface area contributed by atoms with Crippen LogP contribution in [0.25, 0.3) is 0 Å². The molecule has 1 aliphatic heterocycles. The molecule has 36 heavy (non-hydrogen) atoms. The molecule has 1 amide bonds. The predicted octanol–water partition coefficient (Wildman–Crippen LogP) is 5.83. The molecular weight excluding hydrogens is 448 g/mol. The van der Waals surface area contributed by atoms with Gasteiger partial charge in [-0.1, -0.05) is 31.9 Å². The maximum absolute atomic E-state index is 13.4. The number of ether oxygens (including phenoxy) is 1. The molecular formula is C31H50N2O3. The molecule has 9 atom stereocenters. The van der Waals surface area contributed by atoms with Crippen LogP contribution in [-0.2, 0) is 14.3 Å². The number of fused-ring (bicyclic) bond motifs is 4. The summed E-state index contributed by atoms with van der Waals surface area (Å²) in [6.07, 6.45) is 14.6. The molecule has 0 bridgehead atoms. The molecule has 9 unspecified atom stereocenters. The van der Waals surface area contributed by atoms with Gasteiger partial charge in [0.05, 0.1) is 0 Å². The van der Waals surface area contributed by atoms with Crippen LogP contribution in [-0.4, -0.2) is 60.5 Å². The summed E-state index contributed by atoms with van der Waals surface area (Å²) in [5.41, 5.74) is 2.47. The van der Waals surface area contributed by atoms with Crippen LogP contribution >= 0.6 is 0 Å². The second-order valence-electron chi connectivity index (χ2n) is 13.5. The quantitative estimate of drug-likeness (QED) is 0.342. The lowest BCUT2D eigenvalue weighted by Gasteiger charge is -2.58. The molecule has 1 saturated heterocycles. The summed E-state index contributed by atoms with van der Waals surface area (Å²) in [5.74, 6) is 3.07. The fraction of sp³-hybridized carbons (Fsp3) is 0.871. The molecule has 202 valence electrons. The molecule has 3 saturated carbocycles. The number of likely N-dealkylation sites (N-methyl/N-ethyl adjacent to an activating group) is 1. The van der Waals surface area contributed by atoms with Crippen LogP contribution in [0.15, 0.2) is 11.6 Å². The lowest BCUT2D eigenvalue weighted by Crippen LogP contribution is -2.53. The van der Waals surface area contributed by atoms with Crippen LogP contribution in [0.5, 0.6) is 0 Å². The SMILES string of the molecule is CCCCC(OC(C)=O)C(=O)N(C)C1CCC2(C)C(=CCC3C2CCC24CN(C)C(C)C2CCC34)C1. The first kappa shape index (κ1) is 26.3. The number of carbonyl (C=O) groups excluding carboxylic acids is 2. The summed E-state index contributed by atoms with van der Waals surface area (Å²) in [6.45, 7) is 9.86. The Balaban J connectivity index is 1.31. The number of allylic oxidation sites excluding steroid dienone is 1. The second kappa shape index (κ2) is 9.75. The molecule has 1 heterocycles. The van der Waals surface area contributed by atoms with E-state index >= 15 is 0 Å². The average Bonchev–Trinajstić information content (AvgIpc) is 3.33. The highest BCUT2D eigenvalue weighted by Gasteiger charge is 2.64. The third-order valence-electron chi connectivity index (χ3n) is 12.0. The standard InChI is InChI=1S/C31H50N2O3/c1-7-8-9-28(36-21(3)34)29(35)33(6)23-14-16-30(4)22(18-23)10-11-24-26(30)15-17-31-19-32(5)20(2)25(31)12-13-27(24)31/h10,20,23-28H,7-9,11-19H2,1-6H3. The number of hydrogen-bond donors (Lipinski definition) is 0. The molecule has 0 aromatic heterocycles. The molecule has 1 spiro atoms. The molecule has 0 aromatic rings. The lowest BCUT2D eigenvalue weighted by molar-refractivity contribution is -0.160. The van der Waals surface area contributed by atoms with Gasteiger partial charge in [-0.15, -0.1) is 0 Å². The van der Waals surface area contributed by atoms with Crippen molar-refractivity contribution in [3.63, 3.8) is 0 Å². The summed E-state index contributed by atoms with van der Waals surface area (Å²) >= 11 is 0. The zero-order chi connectivity index (χ0) is 25.8. The Kier molecular flexibility index (Phi) is 7.11. The first-order valence-corrected chi connectivity index (χ1v) is 15.0. The van der Waals surface area contributed by atoms with Gasteiger partial charge < -0.3 is 14.5 Å². The highest BCUT2D eigenvalue weighted by atomic mass is 16.5. The Bertz CT molecular complexity index is 900. The third-order valence-corrected chi connectivity index (χ3v) is 12.0. The summed E-state index contributed by atoms with van der Waals surface area (Å²) in [7, 11) is 4.29. The minimum atomic E-state index is -0.637. The van der Waals surface area contributed by atoms with Gasteiger partial charge in [-0.3, -0.25) is 9.59 Å². The topological polar surface area (TPSA) is 49.9 Å². The minimum absolute atomic E-state index is 0.0161. The second-order valence-corrected chi connectivity index (χ2v) is 13.5. The largest absolute Gasteiger partial charge is 0.452 e. The Morgan fingerprint density at radius 2 is 1.92 bits per heavy atom. The number of unbranched alkanes of at least 4 members (excludes halogenated alkanes) is 1. The Morgan fingerprint density at radius 3 is 2.64 bits per heavy atom. The van der Waals surface area contributed by atoms with Crippen molar-refractivity contribution < 1.29 is 14.3 Å². The van der Waals surface area contributed by atoms with Gasteiger partial charge in [-0.25, -0.2) is 0 Å². The number of hydrogen-bond acceptors (Lipinski definition) is 4. The molecule has 5 heteroatoms. The molecule has 5 rings (SSSR count). The molecule has 5 nitrogen and oxygen atoms in total. The van der Waals surface area contributed by atoms with Gasteiger partial charge in [0.2, 0.25) is 0 Å². The van der Waals surface area contributed by atoms with Crippen LogP contribution in [0.1, 0.15) is 98.3 Å². The van der Waals surface area contributed by atoms with Crippen molar-refractivity contribution in [2.75, 3.05) is 20.6 Å². The van der Waals surface area contributed by atoms with E-state index in [0.29, 0.717) is 11.8 Å². The predicted molar refractivity (Wildman–Crippen MR) is 143 cm³/mol. The van der Waals surface area contributed by atoms with E-state index in [1.54, 1.807) is 5.57 Å². The number of rotatable bonds is 6. The number of amides is 1. The molecule has 4 aliphatic carbocycles. The van der Waals surface area contributed by atoms with Gasteiger partial charge in [0.25, 0.3) is 5.91 Å². The number of nitrogens with zero attached hydrogens (tertiary/aromatic N) is 2. The van der Waals surface area contributed by atoms with Gasteiger partial charge in [0.15, 0.2) is 6.10 Å². The van der Waals surface area contributed by atoms with E-state index in [0.717, 1.165) is 55.4 Å². The van der Waals surface area contributed by atoms with E-state index in [4.69, 9.17) is 4.74 Å². The highest BCUT2D eigenvalue weighted by Crippen LogP contribution is 2.68. The van der Waals surface area contributed by atoms with Crippen LogP contribution in [0.4, 0.5) is 0 Å². The van der Waals surface area contributed by atoms with Crippen molar-refractivity contribution in [3.05, 3.63) is 11.6 Å². The number of likely N-dealkylation sites (tertiary alicyclic amines) is 1. The van der Waals surface area contributed by atoms with Gasteiger partial charge in [-0.05, 0) is 113 Å². The summed E-state index contributed by atoms with van der Waals surface area (Å²) in [6, 6.07) is 0.955. The van der Waals surface area contributed by atoms with E-state index < -0.39 is 6.10 Å². The molecule has 5 aliphatic rings. The zero-order valence-corrected chi connectivity index (χ0v) is 23.7. The first-order valence-electron chi connectivity index (χ1n) is 15.0. The normalized spacial score (nSPS) is 42.4. The molecule has 0 N–H and O–H groups in total. The Morgan fingerprint density at radius 1 is 1.17 bits per heavy atom. The monoisotopic (exact) mass is 498 g/mol. The molecule has 0 radical (unpaired) electrons. The average molecular weight is 499 g/mol. The van der Waals surface area contributed by atoms with Crippen molar-refractivity contribution in [3.8, 4) is 0 Å². The van der Waals surface area contributed by atoms with Gasteiger partial charge >= 0.3 is 5.97 Å². The summed E-state index contributed by atoms with van der Waals surface area (Å²) < 4.78 is 5.46. The van der Waals surface area contributed by atoms with Crippen LogP contribution in [0.2, 0.25) is 0 Å². The van der Waals surface area contributed by atoms with E-state index in [1.807, 2.05) is 11.9 Å². The van der Waals surface area contributed by atoms with Crippen LogP contribution in [0.3, 0.4) is 0 Å². The van der Waals surface area contributed by atoms with Gasteiger partial charge in [-0.2, -0.15) is 0 Å². The Labute approximate surface area is 219 Å². The van der Waals surface area contributed by atoms with Crippen molar-refractivity contribution in [2.45, 2.75) is 117 Å². The summed E-state index contributed by atoms with van der Waals surface area (Å²) in [4.78, 5) is 29.6. The zero-order valence-electron chi connectivity index (χ0n) is 23.7. The first-order chi connectivity index (χ1) is 17.1. The Hall–Kier alpha value is -1.36. The van der Waals surface area contributed by atoms with Crippen molar-refractivity contribution >= 4 is 11.9 Å². The van der Waals surface area contributed by atoms with Gasteiger partial charge in [0, 0.05) is 32.6 Å². The van der Waals surface area contributed by atoms with E-state index in [1.165, 1.54) is 52.0 Å². The molecule has 4 fully saturated rings. The van der Waals surface area contributed by atoms with Crippen LogP contribution < -0.4 is 0 Å². The van der Waals surface area contributed by atoms with E-state index in [9.17, 15) is 9.59 Å². The number of esters is 1. The maximum atomic E-state index is 13.4. The lowest BCUT2D eigenvalue weighted by atomic mass is 9.47. The maximum Gasteiger partial charge on any atom is 0.303 e. The highest BCUT2D eigenvalue weighted by molar-refractivity contribution is 5.83. The smallest absolute Gasteiger partial charge is 0.303 e.